The quantitative estimate of drug-likeness (QED) is 0.224. The Morgan fingerprint density at radius 2 is 1.32 bits per heavy atom. The number of para-hydroxylation sites is 1. The highest BCUT2D eigenvalue weighted by Crippen LogP contribution is 2.46. The van der Waals surface area contributed by atoms with E-state index in [9.17, 15) is 9.90 Å². The smallest absolute Gasteiger partial charge is 0.343 e. The molecular formula is C37H28O4. The molecule has 4 heteroatoms. The maximum atomic E-state index is 13.2. The first-order chi connectivity index (χ1) is 20.1. The van der Waals surface area contributed by atoms with Crippen LogP contribution >= 0.6 is 0 Å². The Morgan fingerprint density at radius 3 is 2.10 bits per heavy atom. The van der Waals surface area contributed by atoms with E-state index in [4.69, 9.17) is 9.15 Å². The van der Waals surface area contributed by atoms with Crippen molar-refractivity contribution in [3.63, 3.8) is 0 Å². The molecule has 4 nitrogen and oxygen atoms in total. The molecule has 1 aliphatic carbocycles. The van der Waals surface area contributed by atoms with E-state index in [0.717, 1.165) is 29.0 Å². The van der Waals surface area contributed by atoms with Crippen LogP contribution in [0, 0.1) is 0 Å². The van der Waals surface area contributed by atoms with Crippen molar-refractivity contribution in [1.82, 2.24) is 0 Å². The second-order valence-electron chi connectivity index (χ2n) is 10.6. The van der Waals surface area contributed by atoms with Crippen LogP contribution in [-0.4, -0.2) is 5.11 Å². The first-order valence-electron chi connectivity index (χ1n) is 13.9. The van der Waals surface area contributed by atoms with E-state index in [2.05, 4.69) is 48.5 Å². The molecule has 2 atom stereocenters. The third kappa shape index (κ3) is 4.78. The van der Waals surface area contributed by atoms with Crippen molar-refractivity contribution in [1.29, 1.82) is 0 Å². The van der Waals surface area contributed by atoms with Gasteiger partial charge in [-0.2, -0.15) is 0 Å². The minimum atomic E-state index is -0.483. The molecular weight excluding hydrogens is 508 g/mol. The van der Waals surface area contributed by atoms with Crippen molar-refractivity contribution in [2.75, 3.05) is 0 Å². The second kappa shape index (κ2) is 10.5. The molecule has 0 saturated heterocycles. The van der Waals surface area contributed by atoms with Crippen LogP contribution in [0.4, 0.5) is 0 Å². The van der Waals surface area contributed by atoms with Crippen molar-refractivity contribution in [2.45, 2.75) is 24.7 Å². The summed E-state index contributed by atoms with van der Waals surface area (Å²) in [6.07, 6.45) is 1.54. The van der Waals surface area contributed by atoms with Crippen molar-refractivity contribution in [2.24, 2.45) is 0 Å². The molecule has 0 aliphatic heterocycles. The molecule has 1 aliphatic rings. The van der Waals surface area contributed by atoms with Crippen LogP contribution in [0.5, 0.6) is 17.2 Å². The summed E-state index contributed by atoms with van der Waals surface area (Å²) in [6.45, 7) is 0. The lowest BCUT2D eigenvalue weighted by atomic mass is 9.72. The van der Waals surface area contributed by atoms with Gasteiger partial charge in [0.1, 0.15) is 22.8 Å². The lowest BCUT2D eigenvalue weighted by molar-refractivity contribution is 0.437. The topological polar surface area (TPSA) is 59.7 Å². The van der Waals surface area contributed by atoms with E-state index in [0.29, 0.717) is 23.0 Å². The monoisotopic (exact) mass is 536 g/mol. The fourth-order valence-corrected chi connectivity index (χ4v) is 6.09. The standard InChI is InChI=1S/C37H28O4/c38-36-32-12-6-7-13-34(32)41-37(39)35(36)33-23-28(22-27-10-4-5-11-31(27)33)26-16-20-30(21-17-26)40-29-18-14-25(15-19-29)24-8-2-1-3-9-24/h1-21,28,33,38H,22-23H2. The molecule has 1 N–H and O–H groups in total. The van der Waals surface area contributed by atoms with E-state index in [1.807, 2.05) is 60.7 Å². The Labute approximate surface area is 238 Å². The molecule has 41 heavy (non-hydrogen) atoms. The Hall–Kier alpha value is -5.09. The summed E-state index contributed by atoms with van der Waals surface area (Å²) in [5, 5.41) is 11.8. The number of fused-ring (bicyclic) bond motifs is 2. The predicted octanol–water partition coefficient (Wildman–Crippen LogP) is 8.82. The molecule has 0 saturated carbocycles. The average Bonchev–Trinajstić information content (AvgIpc) is 3.02. The van der Waals surface area contributed by atoms with Gasteiger partial charge in [0.25, 0.3) is 0 Å². The minimum absolute atomic E-state index is 0.0133. The highest BCUT2D eigenvalue weighted by Gasteiger charge is 2.33. The summed E-state index contributed by atoms with van der Waals surface area (Å²) in [5.41, 5.74) is 5.98. The van der Waals surface area contributed by atoms with Crippen LogP contribution in [0.25, 0.3) is 22.1 Å². The van der Waals surface area contributed by atoms with Crippen LogP contribution in [0.3, 0.4) is 0 Å². The Bertz CT molecular complexity index is 1890. The van der Waals surface area contributed by atoms with Gasteiger partial charge in [-0.3, -0.25) is 0 Å². The number of ether oxygens (including phenoxy) is 1. The van der Waals surface area contributed by atoms with Gasteiger partial charge >= 0.3 is 5.63 Å². The molecule has 0 amide bonds. The Balaban J connectivity index is 1.16. The molecule has 0 bridgehead atoms. The zero-order chi connectivity index (χ0) is 27.8. The molecule has 0 radical (unpaired) electrons. The number of rotatable bonds is 5. The molecule has 6 aromatic rings. The van der Waals surface area contributed by atoms with Crippen LogP contribution in [0.15, 0.2) is 137 Å². The van der Waals surface area contributed by atoms with Crippen molar-refractivity contribution in [3.8, 4) is 28.4 Å². The average molecular weight is 537 g/mol. The van der Waals surface area contributed by atoms with E-state index in [1.165, 1.54) is 16.7 Å². The number of hydrogen-bond donors (Lipinski definition) is 1. The van der Waals surface area contributed by atoms with Gasteiger partial charge in [-0.1, -0.05) is 91.0 Å². The van der Waals surface area contributed by atoms with Gasteiger partial charge in [-0.25, -0.2) is 4.79 Å². The molecule has 200 valence electrons. The zero-order valence-electron chi connectivity index (χ0n) is 22.4. The lowest BCUT2D eigenvalue weighted by Crippen LogP contribution is -2.23. The van der Waals surface area contributed by atoms with Crippen LogP contribution in [0.2, 0.25) is 0 Å². The first kappa shape index (κ1) is 24.9. The lowest BCUT2D eigenvalue weighted by Gasteiger charge is -2.32. The van der Waals surface area contributed by atoms with Crippen molar-refractivity contribution >= 4 is 11.0 Å². The predicted molar refractivity (Wildman–Crippen MR) is 162 cm³/mol. The second-order valence-corrected chi connectivity index (χ2v) is 10.6. The number of benzene rings is 5. The molecule has 5 aromatic carbocycles. The van der Waals surface area contributed by atoms with Gasteiger partial charge in [-0.05, 0) is 83.0 Å². The van der Waals surface area contributed by atoms with Crippen molar-refractivity contribution in [3.05, 3.63) is 160 Å². The molecule has 0 fully saturated rings. The van der Waals surface area contributed by atoms with E-state index >= 15 is 0 Å². The first-order valence-corrected chi connectivity index (χ1v) is 13.9. The Morgan fingerprint density at radius 1 is 0.683 bits per heavy atom. The Kier molecular flexibility index (Phi) is 6.36. The summed E-state index contributed by atoms with van der Waals surface area (Å²) < 4.78 is 11.8. The molecule has 0 spiro atoms. The summed E-state index contributed by atoms with van der Waals surface area (Å²) in [4.78, 5) is 13.2. The largest absolute Gasteiger partial charge is 0.507 e. The summed E-state index contributed by atoms with van der Waals surface area (Å²) >= 11 is 0. The van der Waals surface area contributed by atoms with Gasteiger partial charge in [-0.15, -0.1) is 0 Å². The highest BCUT2D eigenvalue weighted by atomic mass is 16.5. The van der Waals surface area contributed by atoms with Gasteiger partial charge in [0, 0.05) is 5.92 Å². The van der Waals surface area contributed by atoms with E-state index in [1.54, 1.807) is 18.2 Å². The van der Waals surface area contributed by atoms with Gasteiger partial charge < -0.3 is 14.3 Å². The zero-order valence-corrected chi connectivity index (χ0v) is 22.4. The van der Waals surface area contributed by atoms with Gasteiger partial charge in [0.05, 0.1) is 10.9 Å². The van der Waals surface area contributed by atoms with E-state index < -0.39 is 5.63 Å². The fraction of sp³-hybridized carbons (Fsp3) is 0.108. The normalized spacial score (nSPS) is 16.3. The third-order valence-electron chi connectivity index (χ3n) is 8.13. The number of hydrogen-bond acceptors (Lipinski definition) is 4. The van der Waals surface area contributed by atoms with Gasteiger partial charge in [0.15, 0.2) is 0 Å². The summed E-state index contributed by atoms with van der Waals surface area (Å²) in [7, 11) is 0. The summed E-state index contributed by atoms with van der Waals surface area (Å²) in [5.74, 6) is 1.45. The SMILES string of the molecule is O=c1oc2ccccc2c(O)c1C1CC(c2ccc(Oc3ccc(-c4ccccc4)cc3)cc2)Cc2ccccc21. The van der Waals surface area contributed by atoms with Crippen molar-refractivity contribution < 1.29 is 14.3 Å². The molecule has 1 heterocycles. The third-order valence-corrected chi connectivity index (χ3v) is 8.13. The van der Waals surface area contributed by atoms with Crippen LogP contribution in [0.1, 0.15) is 40.5 Å². The maximum Gasteiger partial charge on any atom is 0.343 e. The van der Waals surface area contributed by atoms with Crippen LogP contribution in [-0.2, 0) is 6.42 Å². The minimum Gasteiger partial charge on any atom is -0.507 e. The summed E-state index contributed by atoms with van der Waals surface area (Å²) in [6, 6.07) is 41.9. The fourth-order valence-electron chi connectivity index (χ4n) is 6.09. The highest BCUT2D eigenvalue weighted by molar-refractivity contribution is 5.84. The molecule has 1 aromatic heterocycles. The van der Waals surface area contributed by atoms with Crippen LogP contribution < -0.4 is 10.4 Å². The van der Waals surface area contributed by atoms with Gasteiger partial charge in [0.2, 0.25) is 0 Å². The number of aromatic hydroxyl groups is 1. The molecule has 2 unspecified atom stereocenters. The maximum absolute atomic E-state index is 13.2. The van der Waals surface area contributed by atoms with E-state index in [-0.39, 0.29) is 17.6 Å². The molecule has 7 rings (SSSR count).